The van der Waals surface area contributed by atoms with Gasteiger partial charge in [-0.2, -0.15) is 0 Å². The van der Waals surface area contributed by atoms with E-state index in [2.05, 4.69) is 47.6 Å². The van der Waals surface area contributed by atoms with Crippen molar-refractivity contribution in [3.8, 4) is 0 Å². The molecule has 4 aliphatic carbocycles. The third-order valence-electron chi connectivity index (χ3n) is 15.4. The lowest BCUT2D eigenvalue weighted by molar-refractivity contribution is -0.344. The minimum Gasteiger partial charge on any atom is -0.481 e. The fourth-order valence-electron chi connectivity index (χ4n) is 12.3. The van der Waals surface area contributed by atoms with Crippen molar-refractivity contribution in [1.82, 2.24) is 0 Å². The molecular weight excluding hydrogens is 648 g/mol. The second-order valence-corrected chi connectivity index (χ2v) is 17.9. The highest BCUT2D eigenvalue weighted by Crippen LogP contribution is 2.75. The lowest BCUT2D eigenvalue weighted by atomic mass is 9.34. The van der Waals surface area contributed by atoms with Crippen LogP contribution in [0.15, 0.2) is 11.6 Å². The number of rotatable bonds is 7. The normalized spacial score (nSPS) is 50.6. The van der Waals surface area contributed by atoms with Crippen LogP contribution in [0.5, 0.6) is 0 Å². The van der Waals surface area contributed by atoms with Gasteiger partial charge >= 0.3 is 17.9 Å². The van der Waals surface area contributed by atoms with Crippen molar-refractivity contribution in [2.45, 2.75) is 137 Å². The summed E-state index contributed by atoms with van der Waals surface area (Å²) in [7, 11) is 0. The van der Waals surface area contributed by atoms with Crippen LogP contribution in [0, 0.1) is 56.7 Å². The average Bonchev–Trinajstić information content (AvgIpc) is 3.04. The second kappa shape index (κ2) is 12.5. The first-order valence-electron chi connectivity index (χ1n) is 18.5. The summed E-state index contributed by atoms with van der Waals surface area (Å²) in [5, 5.41) is 52.5. The SMILES string of the molecule is CC(=O)O[C@@H]1C[C@@]23C(=O)OC[C@](C)([C@@H]2CC[C@H]2C3=CC[C@@]3(C)[C@H](C(=O)O)[C@@](C)([C@H](C)C(C)C)CC[C@]23C)[C@H]1O[C@@H]1O[C@H](CO)[C@@H](O)[C@H](O)[C@H]1O. The molecule has 2 saturated heterocycles. The number of aliphatic hydroxyl groups excluding tert-OH is 4. The quantitative estimate of drug-likeness (QED) is 0.148. The molecule has 16 atom stereocenters. The van der Waals surface area contributed by atoms with Gasteiger partial charge in [-0.15, -0.1) is 0 Å². The Morgan fingerprint density at radius 2 is 1.68 bits per heavy atom. The number of carboxylic acid groups (broad SMARTS) is 1. The van der Waals surface area contributed by atoms with Gasteiger partial charge in [0.25, 0.3) is 0 Å². The van der Waals surface area contributed by atoms with E-state index in [0.717, 1.165) is 24.8 Å². The summed E-state index contributed by atoms with van der Waals surface area (Å²) in [4.78, 5) is 40.4. The number of hydrogen-bond donors (Lipinski definition) is 5. The number of hydrogen-bond acceptors (Lipinski definition) is 11. The van der Waals surface area contributed by atoms with Crippen molar-refractivity contribution >= 4 is 17.9 Å². The topological polar surface area (TPSA) is 189 Å². The number of ether oxygens (including phenoxy) is 4. The van der Waals surface area contributed by atoms with Crippen LogP contribution >= 0.6 is 0 Å². The van der Waals surface area contributed by atoms with Gasteiger partial charge in [0, 0.05) is 18.8 Å². The van der Waals surface area contributed by atoms with Crippen LogP contribution in [0.1, 0.15) is 93.9 Å². The maximum Gasteiger partial charge on any atom is 0.316 e. The van der Waals surface area contributed by atoms with Crippen LogP contribution < -0.4 is 0 Å². The lowest BCUT2D eigenvalue weighted by Crippen LogP contribution is -2.72. The van der Waals surface area contributed by atoms with E-state index in [1.807, 2.05) is 6.92 Å². The van der Waals surface area contributed by atoms with Gasteiger partial charge in [0.05, 0.1) is 24.5 Å². The molecule has 5 N–H and O–H groups in total. The fourth-order valence-corrected chi connectivity index (χ4v) is 12.3. The number of carbonyl (C=O) groups excluding carboxylic acids is 2. The Morgan fingerprint density at radius 1 is 1.00 bits per heavy atom. The highest BCUT2D eigenvalue weighted by Gasteiger charge is 2.75. The average molecular weight is 707 g/mol. The number of aliphatic hydroxyl groups is 4. The zero-order valence-electron chi connectivity index (χ0n) is 30.8. The van der Waals surface area contributed by atoms with Crippen LogP contribution in [0.2, 0.25) is 0 Å². The molecule has 2 aliphatic heterocycles. The first-order chi connectivity index (χ1) is 23.2. The van der Waals surface area contributed by atoms with Crippen LogP contribution in [0.3, 0.4) is 0 Å². The Kier molecular flexibility index (Phi) is 9.42. The van der Waals surface area contributed by atoms with Gasteiger partial charge in [-0.3, -0.25) is 14.4 Å². The molecule has 0 amide bonds. The molecule has 6 aliphatic rings. The van der Waals surface area contributed by atoms with E-state index in [-0.39, 0.29) is 36.8 Å². The van der Waals surface area contributed by atoms with Gasteiger partial charge in [0.2, 0.25) is 0 Å². The number of fused-ring (bicyclic) bond motifs is 3. The van der Waals surface area contributed by atoms with Crippen molar-refractivity contribution in [2.24, 2.45) is 56.7 Å². The van der Waals surface area contributed by atoms with E-state index in [9.17, 15) is 39.9 Å². The maximum atomic E-state index is 14.4. The van der Waals surface area contributed by atoms with E-state index in [1.165, 1.54) is 6.92 Å². The molecule has 282 valence electrons. The molecule has 2 heterocycles. The summed E-state index contributed by atoms with van der Waals surface area (Å²) >= 11 is 0. The van der Waals surface area contributed by atoms with Crippen LogP contribution in [0.4, 0.5) is 0 Å². The molecule has 50 heavy (non-hydrogen) atoms. The number of carboxylic acids is 1. The molecule has 12 heteroatoms. The van der Waals surface area contributed by atoms with Gasteiger partial charge in [-0.25, -0.2) is 0 Å². The molecule has 0 aromatic carbocycles. The van der Waals surface area contributed by atoms with Crippen molar-refractivity contribution in [1.29, 1.82) is 0 Å². The van der Waals surface area contributed by atoms with Crippen molar-refractivity contribution in [2.75, 3.05) is 13.2 Å². The number of allylic oxidation sites excluding steroid dienone is 1. The van der Waals surface area contributed by atoms with Gasteiger partial charge in [0.1, 0.15) is 36.6 Å². The summed E-state index contributed by atoms with van der Waals surface area (Å²) < 4.78 is 24.2. The summed E-state index contributed by atoms with van der Waals surface area (Å²) in [5.74, 6) is -2.25. The predicted molar refractivity (Wildman–Crippen MR) is 178 cm³/mol. The Bertz CT molecular complexity index is 1410. The molecule has 0 unspecified atom stereocenters. The Balaban J connectivity index is 1.43. The van der Waals surface area contributed by atoms with Crippen LogP contribution in [0.25, 0.3) is 0 Å². The van der Waals surface area contributed by atoms with Crippen molar-refractivity contribution in [3.05, 3.63) is 11.6 Å². The van der Waals surface area contributed by atoms with Crippen LogP contribution in [-0.4, -0.2) is 99.6 Å². The number of aliphatic carboxylic acids is 1. The molecule has 3 saturated carbocycles. The monoisotopic (exact) mass is 706 g/mol. The fraction of sp³-hybridized carbons (Fsp3) is 0.868. The molecule has 6 rings (SSSR count). The molecule has 0 radical (unpaired) electrons. The Labute approximate surface area is 294 Å². The Hall–Kier alpha value is -2.09. The molecule has 12 nitrogen and oxygen atoms in total. The predicted octanol–water partition coefficient (Wildman–Crippen LogP) is 3.22. The van der Waals surface area contributed by atoms with E-state index < -0.39 is 94.5 Å². The molecule has 0 aromatic rings. The molecule has 0 spiro atoms. The zero-order valence-corrected chi connectivity index (χ0v) is 30.8. The van der Waals surface area contributed by atoms with Crippen molar-refractivity contribution < 1.29 is 58.9 Å². The molecular formula is C38H58O12. The van der Waals surface area contributed by atoms with Gasteiger partial charge in [-0.05, 0) is 72.0 Å². The van der Waals surface area contributed by atoms with Gasteiger partial charge in [0.15, 0.2) is 6.29 Å². The smallest absolute Gasteiger partial charge is 0.316 e. The summed E-state index contributed by atoms with van der Waals surface area (Å²) in [5.41, 5.74) is -2.59. The number of carbonyl (C=O) groups is 3. The number of esters is 2. The summed E-state index contributed by atoms with van der Waals surface area (Å²) in [6.45, 7) is 15.6. The number of cyclic esters (lactones) is 1. The summed E-state index contributed by atoms with van der Waals surface area (Å²) in [6, 6.07) is 0. The first-order valence-corrected chi connectivity index (χ1v) is 18.5. The highest BCUT2D eigenvalue weighted by molar-refractivity contribution is 5.84. The first kappa shape index (κ1) is 37.7. The molecule has 0 aromatic heterocycles. The highest BCUT2D eigenvalue weighted by atomic mass is 16.7. The maximum absolute atomic E-state index is 14.4. The molecule has 2 bridgehead atoms. The van der Waals surface area contributed by atoms with E-state index >= 15 is 0 Å². The van der Waals surface area contributed by atoms with E-state index in [4.69, 9.17) is 18.9 Å². The third kappa shape index (κ3) is 5.01. The van der Waals surface area contributed by atoms with Gasteiger partial charge in [-0.1, -0.05) is 60.1 Å². The van der Waals surface area contributed by atoms with Crippen LogP contribution in [-0.2, 0) is 33.3 Å². The molecule has 5 fully saturated rings. The standard InChI is InChI=1S/C38H58O12/c1-18(2)19(3)34(5)13-14-36(7)21-9-10-25-35(6)17-47-33(46)38(25,22(21)11-12-37(36,8)29(34)31(44)45)15-23(48-20(4)40)30(35)50-32-28(43)27(42)26(41)24(16-39)49-32/h11,18-19,21,23-30,32,39,41-43H,9-10,12-17H2,1-8H3,(H,44,45)/t19-,21+,23-,24-,25+,26-,27+,28-,29-,30+,32+,34-,35-,36-,37+,38+/m1/s1. The largest absolute Gasteiger partial charge is 0.481 e. The van der Waals surface area contributed by atoms with E-state index in [1.54, 1.807) is 0 Å². The Morgan fingerprint density at radius 3 is 2.28 bits per heavy atom. The minimum atomic E-state index is -1.67. The zero-order chi connectivity index (χ0) is 36.9. The summed E-state index contributed by atoms with van der Waals surface area (Å²) in [6.07, 6.45) is -3.92. The minimum absolute atomic E-state index is 0.0441. The second-order valence-electron chi connectivity index (χ2n) is 17.9. The van der Waals surface area contributed by atoms with Crippen molar-refractivity contribution in [3.63, 3.8) is 0 Å². The van der Waals surface area contributed by atoms with Gasteiger partial charge < -0.3 is 44.5 Å². The lowest BCUT2D eigenvalue weighted by Gasteiger charge is -2.70. The third-order valence-corrected chi connectivity index (χ3v) is 15.4. The van der Waals surface area contributed by atoms with E-state index in [0.29, 0.717) is 18.8 Å².